The van der Waals surface area contributed by atoms with Crippen molar-refractivity contribution in [2.75, 3.05) is 18.0 Å². The second kappa shape index (κ2) is 8.94. The lowest BCUT2D eigenvalue weighted by molar-refractivity contribution is -0.122. The number of amides is 1. The molecule has 2 fully saturated rings. The maximum atomic E-state index is 12.0. The van der Waals surface area contributed by atoms with E-state index in [0.717, 1.165) is 49.4 Å². The minimum atomic E-state index is 0.0167. The summed E-state index contributed by atoms with van der Waals surface area (Å²) in [5, 5.41) is 3.09. The van der Waals surface area contributed by atoms with Gasteiger partial charge in [0.25, 0.3) is 0 Å². The molecule has 1 aromatic heterocycles. The molecular weight excluding hydrogens is 378 g/mol. The van der Waals surface area contributed by atoms with E-state index in [1.165, 1.54) is 0 Å². The van der Waals surface area contributed by atoms with Crippen LogP contribution in [-0.4, -0.2) is 36.2 Å². The zero-order chi connectivity index (χ0) is 21.1. The minimum Gasteiger partial charge on any atom is -0.489 e. The molecule has 2 aliphatic rings. The SMILES string of the molecule is CC(C)Oc1cc(N2CCC(Oc3ccc([C@H](C)NC(=O)C4CC4)cc3)C2)ccn1. The first-order valence-electron chi connectivity index (χ1n) is 10.9. The van der Waals surface area contributed by atoms with E-state index in [0.29, 0.717) is 5.88 Å². The first-order valence-corrected chi connectivity index (χ1v) is 10.9. The molecule has 6 nitrogen and oxygen atoms in total. The van der Waals surface area contributed by atoms with E-state index in [9.17, 15) is 4.79 Å². The number of rotatable bonds is 8. The molecule has 1 N–H and O–H groups in total. The normalized spacial score (nSPS) is 19.6. The van der Waals surface area contributed by atoms with E-state index in [1.54, 1.807) is 6.20 Å². The van der Waals surface area contributed by atoms with Crippen LogP contribution in [0.4, 0.5) is 5.69 Å². The van der Waals surface area contributed by atoms with Gasteiger partial charge in [-0.1, -0.05) is 12.1 Å². The Morgan fingerprint density at radius 1 is 1.13 bits per heavy atom. The molecule has 30 heavy (non-hydrogen) atoms. The van der Waals surface area contributed by atoms with E-state index in [1.807, 2.05) is 57.2 Å². The van der Waals surface area contributed by atoms with Crippen molar-refractivity contribution in [3.63, 3.8) is 0 Å². The van der Waals surface area contributed by atoms with Crippen LogP contribution < -0.4 is 19.7 Å². The van der Waals surface area contributed by atoms with Crippen LogP contribution in [0.1, 0.15) is 51.6 Å². The summed E-state index contributed by atoms with van der Waals surface area (Å²) < 4.78 is 11.9. The van der Waals surface area contributed by atoms with Gasteiger partial charge in [-0.25, -0.2) is 4.98 Å². The Morgan fingerprint density at radius 2 is 1.90 bits per heavy atom. The topological polar surface area (TPSA) is 63.7 Å². The monoisotopic (exact) mass is 409 g/mol. The molecule has 2 atom stereocenters. The van der Waals surface area contributed by atoms with Gasteiger partial charge < -0.3 is 19.7 Å². The zero-order valence-electron chi connectivity index (χ0n) is 18.0. The molecule has 1 amide bonds. The highest BCUT2D eigenvalue weighted by molar-refractivity contribution is 5.81. The van der Waals surface area contributed by atoms with Crippen molar-refractivity contribution in [2.24, 2.45) is 5.92 Å². The fourth-order valence-corrected chi connectivity index (χ4v) is 3.75. The largest absolute Gasteiger partial charge is 0.489 e. The number of carbonyl (C=O) groups excluding carboxylic acids is 1. The highest BCUT2D eigenvalue weighted by Gasteiger charge is 2.30. The van der Waals surface area contributed by atoms with Gasteiger partial charge >= 0.3 is 0 Å². The van der Waals surface area contributed by atoms with Gasteiger partial charge in [0.1, 0.15) is 11.9 Å². The highest BCUT2D eigenvalue weighted by atomic mass is 16.5. The zero-order valence-corrected chi connectivity index (χ0v) is 18.0. The summed E-state index contributed by atoms with van der Waals surface area (Å²) in [5.41, 5.74) is 2.21. The Morgan fingerprint density at radius 3 is 2.60 bits per heavy atom. The van der Waals surface area contributed by atoms with Gasteiger partial charge in [0, 0.05) is 36.8 Å². The predicted molar refractivity (Wildman–Crippen MR) is 117 cm³/mol. The second-order valence-electron chi connectivity index (χ2n) is 8.57. The van der Waals surface area contributed by atoms with Crippen molar-refractivity contribution in [2.45, 2.75) is 58.3 Å². The number of aromatic nitrogens is 1. The smallest absolute Gasteiger partial charge is 0.223 e. The third-order valence-corrected chi connectivity index (χ3v) is 5.57. The Bertz CT molecular complexity index is 864. The summed E-state index contributed by atoms with van der Waals surface area (Å²) in [6, 6.07) is 12.1. The standard InChI is InChI=1S/C24H31N3O3/c1-16(2)29-23-14-20(10-12-25-23)27-13-11-22(15-27)30-21-8-6-18(7-9-21)17(3)26-24(28)19-4-5-19/h6-10,12,14,16-17,19,22H,4-5,11,13,15H2,1-3H3,(H,26,28)/t17-,22?/m0/s1. The number of hydrogen-bond acceptors (Lipinski definition) is 5. The molecule has 1 aromatic carbocycles. The lowest BCUT2D eigenvalue weighted by Gasteiger charge is -2.20. The van der Waals surface area contributed by atoms with Gasteiger partial charge in [-0.2, -0.15) is 0 Å². The minimum absolute atomic E-state index is 0.0167. The third-order valence-electron chi connectivity index (χ3n) is 5.57. The number of hydrogen-bond donors (Lipinski definition) is 1. The van der Waals surface area contributed by atoms with E-state index < -0.39 is 0 Å². The van der Waals surface area contributed by atoms with Crippen molar-refractivity contribution >= 4 is 11.6 Å². The van der Waals surface area contributed by atoms with Crippen LogP contribution >= 0.6 is 0 Å². The molecule has 4 rings (SSSR count). The number of nitrogens with zero attached hydrogens (tertiary/aromatic N) is 2. The van der Waals surface area contributed by atoms with Gasteiger partial charge in [0.05, 0.1) is 18.7 Å². The molecule has 2 heterocycles. The Labute approximate surface area is 178 Å². The molecule has 6 heteroatoms. The quantitative estimate of drug-likeness (QED) is 0.711. The van der Waals surface area contributed by atoms with Crippen molar-refractivity contribution < 1.29 is 14.3 Å². The van der Waals surface area contributed by atoms with Crippen LogP contribution in [0.2, 0.25) is 0 Å². The Balaban J connectivity index is 1.30. The summed E-state index contributed by atoms with van der Waals surface area (Å²) >= 11 is 0. The van der Waals surface area contributed by atoms with Crippen molar-refractivity contribution in [1.29, 1.82) is 0 Å². The van der Waals surface area contributed by atoms with Gasteiger partial charge in [-0.15, -0.1) is 0 Å². The number of ether oxygens (including phenoxy) is 2. The molecule has 1 saturated heterocycles. The van der Waals surface area contributed by atoms with Crippen molar-refractivity contribution in [1.82, 2.24) is 10.3 Å². The van der Waals surface area contributed by atoms with Crippen molar-refractivity contribution in [3.05, 3.63) is 48.2 Å². The summed E-state index contributed by atoms with van der Waals surface area (Å²) in [6.07, 6.45) is 5.06. The second-order valence-corrected chi connectivity index (χ2v) is 8.57. The molecule has 1 unspecified atom stereocenters. The van der Waals surface area contributed by atoms with Crippen LogP contribution in [0.25, 0.3) is 0 Å². The van der Waals surface area contributed by atoms with E-state index in [2.05, 4.69) is 15.2 Å². The van der Waals surface area contributed by atoms with Gasteiger partial charge in [0.2, 0.25) is 11.8 Å². The molecule has 2 aromatic rings. The number of nitrogens with one attached hydrogen (secondary N) is 1. The van der Waals surface area contributed by atoms with Gasteiger partial charge in [0.15, 0.2) is 0 Å². The first-order chi connectivity index (χ1) is 14.5. The lowest BCUT2D eigenvalue weighted by Crippen LogP contribution is -2.27. The lowest BCUT2D eigenvalue weighted by atomic mass is 10.1. The first kappa shape index (κ1) is 20.5. The van der Waals surface area contributed by atoms with Crippen LogP contribution in [0.5, 0.6) is 11.6 Å². The Hall–Kier alpha value is -2.76. The molecule has 0 spiro atoms. The number of anilines is 1. The maximum Gasteiger partial charge on any atom is 0.223 e. The molecule has 0 bridgehead atoms. The van der Waals surface area contributed by atoms with Crippen molar-refractivity contribution in [3.8, 4) is 11.6 Å². The van der Waals surface area contributed by atoms with Gasteiger partial charge in [-0.3, -0.25) is 4.79 Å². The Kier molecular flexibility index (Phi) is 6.11. The molecule has 160 valence electrons. The third kappa shape index (κ3) is 5.23. The maximum absolute atomic E-state index is 12.0. The summed E-state index contributed by atoms with van der Waals surface area (Å²) in [5.74, 6) is 1.93. The molecule has 1 aliphatic carbocycles. The fourth-order valence-electron chi connectivity index (χ4n) is 3.75. The molecular formula is C24H31N3O3. The van der Waals surface area contributed by atoms with E-state index in [4.69, 9.17) is 9.47 Å². The van der Waals surface area contributed by atoms with E-state index in [-0.39, 0.29) is 30.1 Å². The fraction of sp³-hybridized carbons (Fsp3) is 0.500. The predicted octanol–water partition coefficient (Wildman–Crippen LogP) is 4.11. The average Bonchev–Trinajstić information content (AvgIpc) is 3.48. The molecule has 0 radical (unpaired) electrons. The molecule has 1 saturated carbocycles. The van der Waals surface area contributed by atoms with Crippen LogP contribution in [0.3, 0.4) is 0 Å². The van der Waals surface area contributed by atoms with E-state index >= 15 is 0 Å². The number of benzene rings is 1. The number of pyridine rings is 1. The van der Waals surface area contributed by atoms with Crippen LogP contribution in [0, 0.1) is 5.92 Å². The average molecular weight is 410 g/mol. The summed E-state index contributed by atoms with van der Waals surface area (Å²) in [7, 11) is 0. The summed E-state index contributed by atoms with van der Waals surface area (Å²) in [4.78, 5) is 18.5. The van der Waals surface area contributed by atoms with Crippen LogP contribution in [-0.2, 0) is 4.79 Å². The highest BCUT2D eigenvalue weighted by Crippen LogP contribution is 2.30. The summed E-state index contributed by atoms with van der Waals surface area (Å²) in [6.45, 7) is 7.80. The van der Waals surface area contributed by atoms with Crippen LogP contribution in [0.15, 0.2) is 42.6 Å². The molecule has 1 aliphatic heterocycles. The van der Waals surface area contributed by atoms with Gasteiger partial charge in [-0.05, 0) is 57.4 Å². The number of carbonyl (C=O) groups is 1.